The van der Waals surface area contributed by atoms with Crippen molar-refractivity contribution >= 4 is 5.97 Å². The van der Waals surface area contributed by atoms with E-state index in [1.807, 2.05) is 0 Å². The number of nitrogens with zero attached hydrogens (tertiary/aromatic N) is 1. The summed E-state index contributed by atoms with van der Waals surface area (Å²) < 4.78 is 4.90. The molecule has 0 bridgehead atoms. The summed E-state index contributed by atoms with van der Waals surface area (Å²) in [6.07, 6.45) is 4.86. The molecule has 0 aromatic carbocycles. The molecule has 17 heavy (non-hydrogen) atoms. The Labute approximate surface area is 104 Å². The minimum Gasteiger partial charge on any atom is -0.469 e. The number of nitrogens with one attached hydrogen (secondary N) is 1. The lowest BCUT2D eigenvalue weighted by Gasteiger charge is -2.44. The van der Waals surface area contributed by atoms with Crippen LogP contribution in [0, 0.1) is 5.92 Å². The number of hydrogen-bond donors (Lipinski definition) is 1. The number of methoxy groups -OCH3 is 1. The Hall–Kier alpha value is -0.610. The molecule has 2 fully saturated rings. The van der Waals surface area contributed by atoms with Crippen molar-refractivity contribution in [3.8, 4) is 0 Å². The first-order valence-electron chi connectivity index (χ1n) is 6.79. The zero-order chi connectivity index (χ0) is 12.3. The van der Waals surface area contributed by atoms with Crippen LogP contribution in [-0.4, -0.2) is 49.7 Å². The minimum atomic E-state index is -0.0445. The molecule has 4 heteroatoms. The number of rotatable bonds is 4. The van der Waals surface area contributed by atoms with Gasteiger partial charge < -0.3 is 10.1 Å². The molecule has 4 nitrogen and oxygen atoms in total. The fourth-order valence-electron chi connectivity index (χ4n) is 2.96. The van der Waals surface area contributed by atoms with Gasteiger partial charge in [0, 0.05) is 25.2 Å². The highest BCUT2D eigenvalue weighted by atomic mass is 16.5. The minimum absolute atomic E-state index is 0.0445. The van der Waals surface area contributed by atoms with E-state index in [0.717, 1.165) is 26.1 Å². The third-order valence-corrected chi connectivity index (χ3v) is 4.10. The molecule has 1 saturated carbocycles. The Morgan fingerprint density at radius 2 is 2.18 bits per heavy atom. The van der Waals surface area contributed by atoms with Crippen LogP contribution >= 0.6 is 0 Å². The highest BCUT2D eigenvalue weighted by Gasteiger charge is 2.36. The lowest BCUT2D eigenvalue weighted by Crippen LogP contribution is -2.55. The Balaban J connectivity index is 1.95. The molecule has 2 unspecified atom stereocenters. The van der Waals surface area contributed by atoms with Crippen LogP contribution in [0.2, 0.25) is 0 Å². The van der Waals surface area contributed by atoms with E-state index in [-0.39, 0.29) is 11.9 Å². The van der Waals surface area contributed by atoms with Crippen molar-refractivity contribution in [3.63, 3.8) is 0 Å². The Morgan fingerprint density at radius 1 is 1.41 bits per heavy atom. The maximum Gasteiger partial charge on any atom is 0.310 e. The second kappa shape index (κ2) is 5.83. The SMILES string of the molecule is CCNC1CC(C(=O)OC)CN(C2CCC2)C1. The number of piperidine rings is 1. The molecule has 0 aromatic heterocycles. The predicted octanol–water partition coefficient (Wildman–Crippen LogP) is 1.01. The predicted molar refractivity (Wildman–Crippen MR) is 66.8 cm³/mol. The van der Waals surface area contributed by atoms with Crippen molar-refractivity contribution in [2.45, 2.75) is 44.7 Å². The standard InChI is InChI=1S/C13H24N2O2/c1-3-14-11-7-10(13(16)17-2)8-15(9-11)12-5-4-6-12/h10-12,14H,3-9H2,1-2H3. The van der Waals surface area contributed by atoms with Crippen LogP contribution in [0.3, 0.4) is 0 Å². The van der Waals surface area contributed by atoms with Crippen molar-refractivity contribution < 1.29 is 9.53 Å². The Bertz CT molecular complexity index is 266. The molecule has 2 rings (SSSR count). The van der Waals surface area contributed by atoms with Crippen molar-refractivity contribution in [1.29, 1.82) is 0 Å². The second-order valence-electron chi connectivity index (χ2n) is 5.25. The molecule has 2 aliphatic rings. The van der Waals surface area contributed by atoms with E-state index in [1.165, 1.54) is 26.4 Å². The van der Waals surface area contributed by atoms with Crippen molar-refractivity contribution in [2.75, 3.05) is 26.7 Å². The highest BCUT2D eigenvalue weighted by molar-refractivity contribution is 5.72. The van der Waals surface area contributed by atoms with Crippen LogP contribution in [0.1, 0.15) is 32.6 Å². The molecule has 0 spiro atoms. The first kappa shape index (κ1) is 12.8. The van der Waals surface area contributed by atoms with Crippen molar-refractivity contribution in [2.24, 2.45) is 5.92 Å². The van der Waals surface area contributed by atoms with E-state index in [4.69, 9.17) is 4.74 Å². The van der Waals surface area contributed by atoms with Gasteiger partial charge in [0.2, 0.25) is 0 Å². The summed E-state index contributed by atoms with van der Waals surface area (Å²) >= 11 is 0. The van der Waals surface area contributed by atoms with E-state index in [9.17, 15) is 4.79 Å². The first-order chi connectivity index (χ1) is 8.24. The highest BCUT2D eigenvalue weighted by Crippen LogP contribution is 2.29. The third-order valence-electron chi connectivity index (χ3n) is 4.10. The number of hydrogen-bond acceptors (Lipinski definition) is 4. The Kier molecular flexibility index (Phi) is 4.40. The fraction of sp³-hybridized carbons (Fsp3) is 0.923. The average molecular weight is 240 g/mol. The zero-order valence-corrected chi connectivity index (χ0v) is 10.9. The smallest absolute Gasteiger partial charge is 0.310 e. The van der Waals surface area contributed by atoms with Gasteiger partial charge in [-0.2, -0.15) is 0 Å². The molecule has 2 atom stereocenters. The first-order valence-corrected chi connectivity index (χ1v) is 6.79. The van der Waals surface area contributed by atoms with E-state index in [2.05, 4.69) is 17.1 Å². The molecular formula is C13H24N2O2. The fourth-order valence-corrected chi connectivity index (χ4v) is 2.96. The van der Waals surface area contributed by atoms with E-state index in [1.54, 1.807) is 0 Å². The van der Waals surface area contributed by atoms with Crippen molar-refractivity contribution in [3.05, 3.63) is 0 Å². The third kappa shape index (κ3) is 2.99. The number of likely N-dealkylation sites (tertiary alicyclic amines) is 1. The quantitative estimate of drug-likeness (QED) is 0.745. The molecule has 98 valence electrons. The number of ether oxygens (including phenoxy) is 1. The monoisotopic (exact) mass is 240 g/mol. The topological polar surface area (TPSA) is 41.6 Å². The molecule has 1 saturated heterocycles. The summed E-state index contributed by atoms with van der Waals surface area (Å²) in [5, 5.41) is 3.48. The molecule has 1 aliphatic carbocycles. The number of likely N-dealkylation sites (N-methyl/N-ethyl adjacent to an activating group) is 1. The largest absolute Gasteiger partial charge is 0.469 e. The summed E-state index contributed by atoms with van der Waals surface area (Å²) in [7, 11) is 1.49. The normalized spacial score (nSPS) is 30.9. The van der Waals surface area contributed by atoms with Crippen LogP contribution in [-0.2, 0) is 9.53 Å². The molecular weight excluding hydrogens is 216 g/mol. The summed E-state index contributed by atoms with van der Waals surface area (Å²) in [6, 6.07) is 1.15. The number of carbonyl (C=O) groups excluding carboxylic acids is 1. The maximum absolute atomic E-state index is 11.7. The van der Waals surface area contributed by atoms with Gasteiger partial charge in [-0.3, -0.25) is 9.69 Å². The van der Waals surface area contributed by atoms with E-state index in [0.29, 0.717) is 12.1 Å². The second-order valence-corrected chi connectivity index (χ2v) is 5.25. The van der Waals surface area contributed by atoms with Crippen LogP contribution in [0.4, 0.5) is 0 Å². The summed E-state index contributed by atoms with van der Waals surface area (Å²) in [4.78, 5) is 14.2. The summed E-state index contributed by atoms with van der Waals surface area (Å²) in [5.41, 5.74) is 0. The lowest BCUT2D eigenvalue weighted by molar-refractivity contribution is -0.148. The van der Waals surface area contributed by atoms with Gasteiger partial charge in [-0.25, -0.2) is 0 Å². The van der Waals surface area contributed by atoms with Crippen LogP contribution in [0.15, 0.2) is 0 Å². The van der Waals surface area contributed by atoms with Gasteiger partial charge in [0.05, 0.1) is 13.0 Å². The average Bonchev–Trinajstić information content (AvgIpc) is 2.26. The van der Waals surface area contributed by atoms with Gasteiger partial charge in [0.1, 0.15) is 0 Å². The molecule has 1 N–H and O–H groups in total. The van der Waals surface area contributed by atoms with Gasteiger partial charge in [0.15, 0.2) is 0 Å². The molecule has 0 amide bonds. The van der Waals surface area contributed by atoms with Gasteiger partial charge in [-0.05, 0) is 25.8 Å². The lowest BCUT2D eigenvalue weighted by atomic mass is 9.86. The zero-order valence-electron chi connectivity index (χ0n) is 10.9. The summed E-state index contributed by atoms with van der Waals surface area (Å²) in [6.45, 7) is 5.07. The van der Waals surface area contributed by atoms with Crippen LogP contribution in [0.25, 0.3) is 0 Å². The molecule has 1 heterocycles. The maximum atomic E-state index is 11.7. The van der Waals surface area contributed by atoms with Gasteiger partial charge in [0.25, 0.3) is 0 Å². The molecule has 0 aromatic rings. The van der Waals surface area contributed by atoms with E-state index < -0.39 is 0 Å². The van der Waals surface area contributed by atoms with Gasteiger partial charge >= 0.3 is 5.97 Å². The van der Waals surface area contributed by atoms with Gasteiger partial charge in [-0.1, -0.05) is 13.3 Å². The number of carbonyl (C=O) groups is 1. The van der Waals surface area contributed by atoms with Gasteiger partial charge in [-0.15, -0.1) is 0 Å². The molecule has 1 aliphatic heterocycles. The van der Waals surface area contributed by atoms with Crippen molar-refractivity contribution in [1.82, 2.24) is 10.2 Å². The van der Waals surface area contributed by atoms with Crippen LogP contribution in [0.5, 0.6) is 0 Å². The molecule has 0 radical (unpaired) electrons. The number of esters is 1. The van der Waals surface area contributed by atoms with Crippen LogP contribution < -0.4 is 5.32 Å². The van der Waals surface area contributed by atoms with E-state index >= 15 is 0 Å². The Morgan fingerprint density at radius 3 is 2.71 bits per heavy atom. The summed E-state index contributed by atoms with van der Waals surface area (Å²) in [5.74, 6) is 0.00956.